The Balaban J connectivity index is 1.54. The molecular formula is C21H38N4O4S. The van der Waals surface area contributed by atoms with Crippen LogP contribution in [0.15, 0.2) is 0 Å². The van der Waals surface area contributed by atoms with Crippen molar-refractivity contribution in [1.82, 2.24) is 19.0 Å². The Labute approximate surface area is 181 Å². The van der Waals surface area contributed by atoms with Crippen molar-refractivity contribution in [3.05, 3.63) is 0 Å². The van der Waals surface area contributed by atoms with Crippen LogP contribution in [0.3, 0.4) is 0 Å². The van der Waals surface area contributed by atoms with E-state index >= 15 is 0 Å². The second-order valence-electron chi connectivity index (χ2n) is 8.97. The van der Waals surface area contributed by atoms with E-state index in [0.29, 0.717) is 58.2 Å². The molecule has 3 saturated heterocycles. The first-order chi connectivity index (χ1) is 14.3. The normalized spacial score (nSPS) is 26.7. The Morgan fingerprint density at radius 2 is 1.73 bits per heavy atom. The zero-order valence-electron chi connectivity index (χ0n) is 18.6. The summed E-state index contributed by atoms with van der Waals surface area (Å²) in [5, 5.41) is 0. The van der Waals surface area contributed by atoms with Gasteiger partial charge in [0.2, 0.25) is 21.8 Å². The molecule has 2 atom stereocenters. The topological polar surface area (TPSA) is 81.2 Å². The lowest BCUT2D eigenvalue weighted by Crippen LogP contribution is -2.56. The lowest BCUT2D eigenvalue weighted by atomic mass is 10.0. The molecule has 0 bridgehead atoms. The van der Waals surface area contributed by atoms with Gasteiger partial charge >= 0.3 is 0 Å². The van der Waals surface area contributed by atoms with Gasteiger partial charge in [-0.25, -0.2) is 8.42 Å². The molecule has 0 aromatic rings. The number of carbonyl (C=O) groups excluding carboxylic acids is 2. The minimum atomic E-state index is -3.32. The van der Waals surface area contributed by atoms with Gasteiger partial charge in [0.05, 0.1) is 12.3 Å². The highest BCUT2D eigenvalue weighted by Gasteiger charge is 2.40. The number of nitrogens with zero attached hydrogens (tertiary/aromatic N) is 4. The van der Waals surface area contributed by atoms with E-state index in [1.54, 1.807) is 4.90 Å². The minimum absolute atomic E-state index is 0.0652. The Morgan fingerprint density at radius 3 is 2.33 bits per heavy atom. The van der Waals surface area contributed by atoms with E-state index in [2.05, 4.69) is 18.7 Å². The van der Waals surface area contributed by atoms with E-state index in [0.717, 1.165) is 32.2 Å². The number of sulfonamides is 1. The van der Waals surface area contributed by atoms with Crippen LogP contribution in [0.1, 0.15) is 58.8 Å². The molecule has 0 aliphatic carbocycles. The van der Waals surface area contributed by atoms with Gasteiger partial charge in [-0.15, -0.1) is 0 Å². The molecule has 0 aromatic heterocycles. The van der Waals surface area contributed by atoms with Crippen LogP contribution in [0.25, 0.3) is 0 Å². The van der Waals surface area contributed by atoms with Crippen LogP contribution < -0.4 is 0 Å². The van der Waals surface area contributed by atoms with Crippen LogP contribution in [0.5, 0.6) is 0 Å². The highest BCUT2D eigenvalue weighted by Crippen LogP contribution is 2.23. The Bertz CT molecular complexity index is 706. The smallest absolute Gasteiger partial charge is 0.241 e. The Hall–Kier alpha value is -1.19. The van der Waals surface area contributed by atoms with Crippen molar-refractivity contribution in [3.8, 4) is 0 Å². The molecule has 0 spiro atoms. The van der Waals surface area contributed by atoms with Gasteiger partial charge in [0.1, 0.15) is 6.04 Å². The van der Waals surface area contributed by atoms with E-state index in [1.165, 1.54) is 10.7 Å². The minimum Gasteiger partial charge on any atom is -0.339 e. The van der Waals surface area contributed by atoms with Gasteiger partial charge in [-0.1, -0.05) is 19.8 Å². The van der Waals surface area contributed by atoms with Crippen LogP contribution in [0.2, 0.25) is 0 Å². The molecule has 3 aliphatic rings. The van der Waals surface area contributed by atoms with Crippen molar-refractivity contribution in [3.63, 3.8) is 0 Å². The van der Waals surface area contributed by atoms with Crippen LogP contribution in [0, 0.1) is 0 Å². The maximum Gasteiger partial charge on any atom is 0.241 e. The predicted molar refractivity (Wildman–Crippen MR) is 116 cm³/mol. The number of rotatable bonds is 7. The average Bonchev–Trinajstić information content (AvgIpc) is 3.08. The van der Waals surface area contributed by atoms with Crippen molar-refractivity contribution < 1.29 is 18.0 Å². The highest BCUT2D eigenvalue weighted by molar-refractivity contribution is 7.89. The van der Waals surface area contributed by atoms with Gasteiger partial charge in [0.15, 0.2) is 0 Å². The third-order valence-corrected chi connectivity index (χ3v) is 8.72. The van der Waals surface area contributed by atoms with Crippen LogP contribution >= 0.6 is 0 Å². The molecule has 8 nitrogen and oxygen atoms in total. The van der Waals surface area contributed by atoms with E-state index < -0.39 is 16.1 Å². The second kappa shape index (κ2) is 10.4. The van der Waals surface area contributed by atoms with Crippen molar-refractivity contribution in [2.45, 2.75) is 70.9 Å². The number of unbranched alkanes of at least 4 members (excludes halogenated alkanes) is 1. The highest BCUT2D eigenvalue weighted by atomic mass is 32.2. The van der Waals surface area contributed by atoms with Gasteiger partial charge in [0.25, 0.3) is 0 Å². The molecule has 0 saturated carbocycles. The lowest BCUT2D eigenvalue weighted by Gasteiger charge is -2.39. The summed E-state index contributed by atoms with van der Waals surface area (Å²) in [6.45, 7) is 8.31. The summed E-state index contributed by atoms with van der Waals surface area (Å²) in [4.78, 5) is 31.8. The molecule has 172 valence electrons. The van der Waals surface area contributed by atoms with Gasteiger partial charge in [-0.3, -0.25) is 14.5 Å². The van der Waals surface area contributed by atoms with Crippen molar-refractivity contribution in [2.75, 3.05) is 51.6 Å². The lowest BCUT2D eigenvalue weighted by molar-refractivity contribution is -0.139. The number of likely N-dealkylation sites (tertiary alicyclic amines) is 1. The SMILES string of the molecule is CCCCC(C(=O)N1CCN(CC(=O)N2CCCCC2C)CC1)N1CCCS1(=O)=O. The predicted octanol–water partition coefficient (Wildman–Crippen LogP) is 1.13. The first-order valence-electron chi connectivity index (χ1n) is 11.6. The molecule has 2 unspecified atom stereocenters. The molecule has 3 fully saturated rings. The maximum atomic E-state index is 13.2. The van der Waals surface area contributed by atoms with Gasteiger partial charge in [-0.05, 0) is 39.0 Å². The zero-order valence-corrected chi connectivity index (χ0v) is 19.4. The summed E-state index contributed by atoms with van der Waals surface area (Å²) in [6, 6.07) is -0.254. The fourth-order valence-electron chi connectivity index (χ4n) is 4.88. The number of hydrogen-bond acceptors (Lipinski definition) is 5. The molecule has 0 aromatic carbocycles. The van der Waals surface area contributed by atoms with Gasteiger partial charge in [0, 0.05) is 45.3 Å². The number of amides is 2. The zero-order chi connectivity index (χ0) is 21.7. The Kier molecular flexibility index (Phi) is 8.15. The third kappa shape index (κ3) is 5.53. The first kappa shape index (κ1) is 23.5. The fraction of sp³-hybridized carbons (Fsp3) is 0.905. The summed E-state index contributed by atoms with van der Waals surface area (Å²) >= 11 is 0. The largest absolute Gasteiger partial charge is 0.339 e. The van der Waals surface area contributed by atoms with Crippen molar-refractivity contribution >= 4 is 21.8 Å². The quantitative estimate of drug-likeness (QED) is 0.590. The van der Waals surface area contributed by atoms with Crippen molar-refractivity contribution in [1.29, 1.82) is 0 Å². The summed E-state index contributed by atoms with van der Waals surface area (Å²) in [5.74, 6) is 0.267. The molecule has 9 heteroatoms. The summed E-state index contributed by atoms with van der Waals surface area (Å²) in [6.07, 6.45) is 6.30. The molecule has 0 N–H and O–H groups in total. The standard InChI is InChI=1S/C21H38N4O4S/c1-3-4-9-19(25-11-7-16-30(25,28)29)21(27)23-14-12-22(13-15-23)17-20(26)24-10-6-5-8-18(24)2/h18-19H,3-17H2,1-2H3. The molecule has 3 rings (SSSR count). The van der Waals surface area contributed by atoms with E-state index in [9.17, 15) is 18.0 Å². The summed E-state index contributed by atoms with van der Waals surface area (Å²) < 4.78 is 26.3. The van der Waals surface area contributed by atoms with Crippen LogP contribution in [0.4, 0.5) is 0 Å². The van der Waals surface area contributed by atoms with E-state index in [4.69, 9.17) is 0 Å². The molecule has 0 radical (unpaired) electrons. The summed E-state index contributed by atoms with van der Waals surface area (Å²) in [5.41, 5.74) is 0. The first-order valence-corrected chi connectivity index (χ1v) is 13.2. The number of carbonyl (C=O) groups is 2. The molecule has 3 heterocycles. The monoisotopic (exact) mass is 442 g/mol. The van der Waals surface area contributed by atoms with E-state index in [-0.39, 0.29) is 17.6 Å². The molecule has 30 heavy (non-hydrogen) atoms. The molecule has 3 aliphatic heterocycles. The van der Waals surface area contributed by atoms with Gasteiger partial charge in [-0.2, -0.15) is 4.31 Å². The van der Waals surface area contributed by atoms with E-state index in [1.807, 2.05) is 4.90 Å². The number of piperidine rings is 1. The summed E-state index contributed by atoms with van der Waals surface area (Å²) in [7, 11) is -3.32. The van der Waals surface area contributed by atoms with Crippen LogP contribution in [-0.4, -0.2) is 103 Å². The van der Waals surface area contributed by atoms with Gasteiger partial charge < -0.3 is 9.80 Å². The molecule has 2 amide bonds. The average molecular weight is 443 g/mol. The Morgan fingerprint density at radius 1 is 1.00 bits per heavy atom. The third-order valence-electron chi connectivity index (χ3n) is 6.77. The van der Waals surface area contributed by atoms with Crippen LogP contribution in [-0.2, 0) is 19.6 Å². The molecular weight excluding hydrogens is 404 g/mol. The number of hydrogen-bond donors (Lipinski definition) is 0. The van der Waals surface area contributed by atoms with Crippen molar-refractivity contribution in [2.24, 2.45) is 0 Å². The second-order valence-corrected chi connectivity index (χ2v) is 11.0. The fourth-order valence-corrected chi connectivity index (χ4v) is 6.60. The number of piperazine rings is 1. The maximum absolute atomic E-state index is 13.2.